The van der Waals surface area contributed by atoms with Crippen molar-refractivity contribution >= 4 is 17.2 Å². The van der Waals surface area contributed by atoms with Gasteiger partial charge >= 0.3 is 0 Å². The summed E-state index contributed by atoms with van der Waals surface area (Å²) in [5, 5.41) is 7.34. The molecule has 1 saturated heterocycles. The van der Waals surface area contributed by atoms with Gasteiger partial charge in [0.2, 0.25) is 0 Å². The fourth-order valence-electron chi connectivity index (χ4n) is 3.05. The van der Waals surface area contributed by atoms with Gasteiger partial charge < -0.3 is 10.2 Å². The highest BCUT2D eigenvalue weighted by molar-refractivity contribution is 7.14. The Hall–Kier alpha value is -1.70. The molecule has 0 saturated carbocycles. The molecular weight excluding hydrogens is 346 g/mol. The van der Waals surface area contributed by atoms with Crippen molar-refractivity contribution < 1.29 is 4.79 Å². The van der Waals surface area contributed by atoms with E-state index in [1.807, 2.05) is 23.1 Å². The molecule has 26 heavy (non-hydrogen) atoms. The molecule has 0 radical (unpaired) electrons. The van der Waals surface area contributed by atoms with Crippen molar-refractivity contribution in [3.63, 3.8) is 0 Å². The van der Waals surface area contributed by atoms with Crippen molar-refractivity contribution in [1.29, 1.82) is 0 Å². The van der Waals surface area contributed by atoms with Crippen LogP contribution in [0.1, 0.15) is 34.0 Å². The highest BCUT2D eigenvalue weighted by Crippen LogP contribution is 2.19. The van der Waals surface area contributed by atoms with Crippen LogP contribution in [-0.4, -0.2) is 58.7 Å². The highest BCUT2D eigenvalue weighted by Gasteiger charge is 2.16. The number of piperazine rings is 1. The molecule has 0 unspecified atom stereocenters. The number of carbonyl (C=O) groups is 1. The molecule has 7 heteroatoms. The minimum absolute atomic E-state index is 0.00348. The summed E-state index contributed by atoms with van der Waals surface area (Å²) in [7, 11) is 2.16. The van der Waals surface area contributed by atoms with Gasteiger partial charge in [-0.1, -0.05) is 13.8 Å². The van der Waals surface area contributed by atoms with Gasteiger partial charge in [0.1, 0.15) is 0 Å². The summed E-state index contributed by atoms with van der Waals surface area (Å²) in [5.41, 5.74) is 1.04. The summed E-state index contributed by atoms with van der Waals surface area (Å²) in [6, 6.07) is 4.02. The van der Waals surface area contributed by atoms with Gasteiger partial charge in [-0.25, -0.2) is 0 Å². The Morgan fingerprint density at radius 3 is 2.77 bits per heavy atom. The average molecular weight is 376 g/mol. The predicted octanol–water partition coefficient (Wildman–Crippen LogP) is 2.28. The van der Waals surface area contributed by atoms with Gasteiger partial charge in [0.25, 0.3) is 5.91 Å². The first-order valence-corrected chi connectivity index (χ1v) is 10.1. The lowest BCUT2D eigenvalue weighted by Gasteiger charge is -2.31. The van der Waals surface area contributed by atoms with Crippen molar-refractivity contribution in [3.8, 4) is 0 Å². The Bertz CT molecular complexity index is 715. The van der Waals surface area contributed by atoms with E-state index in [1.54, 1.807) is 11.3 Å². The number of carbonyl (C=O) groups excluding carboxylic acids is 1. The number of thiophene rings is 1. The number of amides is 1. The Morgan fingerprint density at radius 1 is 1.27 bits per heavy atom. The van der Waals surface area contributed by atoms with Crippen LogP contribution in [0.5, 0.6) is 0 Å². The van der Waals surface area contributed by atoms with E-state index in [9.17, 15) is 4.79 Å². The molecule has 1 amide bonds. The second-order valence-electron chi connectivity index (χ2n) is 7.49. The first-order valence-electron chi connectivity index (χ1n) is 9.28. The van der Waals surface area contributed by atoms with Crippen LogP contribution in [0.15, 0.2) is 24.5 Å². The topological polar surface area (TPSA) is 53.4 Å². The summed E-state index contributed by atoms with van der Waals surface area (Å²) in [6.45, 7) is 11.1. The fraction of sp³-hybridized carbons (Fsp3) is 0.579. The molecule has 0 spiro atoms. The summed E-state index contributed by atoms with van der Waals surface area (Å²) < 4.78 is 1.94. The lowest BCUT2D eigenvalue weighted by molar-refractivity contribution is 0.0955. The van der Waals surface area contributed by atoms with Crippen LogP contribution < -0.4 is 5.32 Å². The molecule has 1 fully saturated rings. The second-order valence-corrected chi connectivity index (χ2v) is 8.66. The lowest BCUT2D eigenvalue weighted by Crippen LogP contribution is -2.43. The van der Waals surface area contributed by atoms with E-state index in [-0.39, 0.29) is 5.91 Å². The summed E-state index contributed by atoms with van der Waals surface area (Å²) in [5.74, 6) is 0.554. The van der Waals surface area contributed by atoms with Crippen molar-refractivity contribution in [2.45, 2.75) is 33.5 Å². The maximum absolute atomic E-state index is 12.4. The van der Waals surface area contributed by atoms with Gasteiger partial charge in [-0.05, 0) is 25.1 Å². The number of hydrogen-bond acceptors (Lipinski definition) is 5. The van der Waals surface area contributed by atoms with E-state index in [0.717, 1.165) is 49.7 Å². The van der Waals surface area contributed by atoms with Crippen molar-refractivity contribution in [2.75, 3.05) is 33.2 Å². The van der Waals surface area contributed by atoms with E-state index in [4.69, 9.17) is 0 Å². The molecule has 0 aliphatic carbocycles. The van der Waals surface area contributed by atoms with E-state index >= 15 is 0 Å². The Labute approximate surface area is 159 Å². The van der Waals surface area contributed by atoms with Gasteiger partial charge in [0.05, 0.1) is 11.1 Å². The van der Waals surface area contributed by atoms with Crippen molar-refractivity contribution in [1.82, 2.24) is 24.9 Å². The number of hydrogen-bond donors (Lipinski definition) is 1. The minimum Gasteiger partial charge on any atom is -0.347 e. The van der Waals surface area contributed by atoms with Gasteiger partial charge in [-0.15, -0.1) is 11.3 Å². The summed E-state index contributed by atoms with van der Waals surface area (Å²) in [4.78, 5) is 19.2. The third-order valence-corrected chi connectivity index (χ3v) is 5.62. The zero-order valence-corrected chi connectivity index (χ0v) is 16.8. The number of nitrogens with zero attached hydrogens (tertiary/aromatic N) is 4. The van der Waals surface area contributed by atoms with Crippen LogP contribution in [0.2, 0.25) is 0 Å². The van der Waals surface area contributed by atoms with E-state index in [1.165, 1.54) is 4.88 Å². The monoisotopic (exact) mass is 375 g/mol. The third-order valence-electron chi connectivity index (χ3n) is 4.55. The third kappa shape index (κ3) is 5.40. The average Bonchev–Trinajstić information content (AvgIpc) is 3.24. The zero-order valence-electron chi connectivity index (χ0n) is 15.9. The molecule has 0 aromatic carbocycles. The quantitative estimate of drug-likeness (QED) is 0.807. The largest absolute Gasteiger partial charge is 0.347 e. The number of likely N-dealkylation sites (N-methyl/N-ethyl adjacent to an activating group) is 1. The van der Waals surface area contributed by atoms with Crippen LogP contribution in [0, 0.1) is 5.92 Å². The predicted molar refractivity (Wildman–Crippen MR) is 105 cm³/mol. The second kappa shape index (κ2) is 8.79. The lowest BCUT2D eigenvalue weighted by atomic mass is 10.2. The highest BCUT2D eigenvalue weighted by atomic mass is 32.1. The normalized spacial score (nSPS) is 16.3. The summed E-state index contributed by atoms with van der Waals surface area (Å²) in [6.07, 6.45) is 3.84. The zero-order chi connectivity index (χ0) is 18.5. The molecule has 1 aliphatic rings. The molecule has 142 valence electrons. The van der Waals surface area contributed by atoms with E-state index in [0.29, 0.717) is 12.5 Å². The molecule has 6 nitrogen and oxygen atoms in total. The van der Waals surface area contributed by atoms with Crippen LogP contribution in [0.4, 0.5) is 0 Å². The SMILES string of the molecule is CC(C)Cn1cc(CNC(=O)c2ccc(CN3CCN(C)CC3)s2)cn1. The van der Waals surface area contributed by atoms with E-state index < -0.39 is 0 Å². The molecule has 0 bridgehead atoms. The van der Waals surface area contributed by atoms with Crippen molar-refractivity contribution in [2.24, 2.45) is 5.92 Å². The standard InChI is InChI=1S/C19H29N5OS/c1-15(2)12-24-13-16(11-21-24)10-20-19(25)18-5-4-17(26-18)14-23-8-6-22(3)7-9-23/h4-5,11,13,15H,6-10,12,14H2,1-3H3,(H,20,25). The molecule has 1 aliphatic heterocycles. The Morgan fingerprint density at radius 2 is 2.04 bits per heavy atom. The van der Waals surface area contributed by atoms with Crippen molar-refractivity contribution in [3.05, 3.63) is 39.8 Å². The fourth-order valence-corrected chi connectivity index (χ4v) is 4.02. The summed E-state index contributed by atoms with van der Waals surface area (Å²) >= 11 is 1.60. The first-order chi connectivity index (χ1) is 12.5. The smallest absolute Gasteiger partial charge is 0.261 e. The molecule has 2 aromatic rings. The Kier molecular flexibility index (Phi) is 6.45. The molecule has 1 N–H and O–H groups in total. The minimum atomic E-state index is -0.00348. The molecule has 3 rings (SSSR count). The molecule has 2 aromatic heterocycles. The molecule has 3 heterocycles. The molecular formula is C19H29N5OS. The van der Waals surface area contributed by atoms with Gasteiger partial charge in [0, 0.05) is 62.5 Å². The van der Waals surface area contributed by atoms with E-state index in [2.05, 4.69) is 47.2 Å². The maximum Gasteiger partial charge on any atom is 0.261 e. The maximum atomic E-state index is 12.4. The molecule has 0 atom stereocenters. The van der Waals surface area contributed by atoms with Crippen LogP contribution in [0.3, 0.4) is 0 Å². The number of nitrogens with one attached hydrogen (secondary N) is 1. The van der Waals surface area contributed by atoms with Crippen LogP contribution in [-0.2, 0) is 19.6 Å². The van der Waals surface area contributed by atoms with Gasteiger partial charge in [-0.3, -0.25) is 14.4 Å². The number of aromatic nitrogens is 2. The Balaban J connectivity index is 1.47. The first kappa shape index (κ1) is 19.1. The van der Waals surface area contributed by atoms with Gasteiger partial charge in [-0.2, -0.15) is 5.10 Å². The van der Waals surface area contributed by atoms with Crippen LogP contribution >= 0.6 is 11.3 Å². The van der Waals surface area contributed by atoms with Gasteiger partial charge in [0.15, 0.2) is 0 Å². The van der Waals surface area contributed by atoms with Crippen LogP contribution in [0.25, 0.3) is 0 Å². The number of rotatable bonds is 7.